The number of aromatic nitrogens is 2. The Labute approximate surface area is 193 Å². The predicted octanol–water partition coefficient (Wildman–Crippen LogP) is 3.43. The summed E-state index contributed by atoms with van der Waals surface area (Å²) in [6, 6.07) is 16.3. The SMILES string of the molecule is Cc1ccn2c(CC(=O)NCc3ccc(S(N)(=O)=O)cc3)c(-c3ccc(C)c(C)c3)nc2c1. The highest BCUT2D eigenvalue weighted by Crippen LogP contribution is 2.27. The Hall–Kier alpha value is -3.49. The number of carbonyl (C=O) groups excluding carboxylic acids is 1. The lowest BCUT2D eigenvalue weighted by Crippen LogP contribution is -2.25. The Morgan fingerprint density at radius 2 is 1.73 bits per heavy atom. The zero-order chi connectivity index (χ0) is 23.8. The van der Waals surface area contributed by atoms with E-state index in [0.29, 0.717) is 0 Å². The van der Waals surface area contributed by atoms with E-state index in [2.05, 4.69) is 31.3 Å². The van der Waals surface area contributed by atoms with Gasteiger partial charge in [0.25, 0.3) is 0 Å². The lowest BCUT2D eigenvalue weighted by molar-refractivity contribution is -0.120. The molecule has 0 spiro atoms. The molecule has 3 N–H and O–H groups in total. The number of pyridine rings is 1. The molecular formula is C25H26N4O3S. The quantitative estimate of drug-likeness (QED) is 0.458. The molecule has 1 amide bonds. The van der Waals surface area contributed by atoms with Crippen molar-refractivity contribution in [2.24, 2.45) is 5.14 Å². The van der Waals surface area contributed by atoms with Gasteiger partial charge in [0.15, 0.2) is 0 Å². The van der Waals surface area contributed by atoms with Gasteiger partial charge in [-0.15, -0.1) is 0 Å². The van der Waals surface area contributed by atoms with Crippen LogP contribution in [0.4, 0.5) is 0 Å². The van der Waals surface area contributed by atoms with Gasteiger partial charge in [-0.1, -0.05) is 24.3 Å². The molecule has 0 aliphatic carbocycles. The number of rotatable bonds is 6. The van der Waals surface area contributed by atoms with Crippen molar-refractivity contribution in [3.8, 4) is 11.3 Å². The second-order valence-corrected chi connectivity index (χ2v) is 9.84. The fourth-order valence-corrected chi connectivity index (χ4v) is 4.21. The normalized spacial score (nSPS) is 11.6. The number of carbonyl (C=O) groups is 1. The number of benzene rings is 2. The number of nitrogens with two attached hydrogens (primary N) is 1. The first kappa shape index (κ1) is 22.7. The Kier molecular flexibility index (Phi) is 6.05. The molecular weight excluding hydrogens is 436 g/mol. The second kappa shape index (κ2) is 8.80. The average molecular weight is 463 g/mol. The third-order valence-electron chi connectivity index (χ3n) is 5.73. The second-order valence-electron chi connectivity index (χ2n) is 8.28. The zero-order valence-corrected chi connectivity index (χ0v) is 19.6. The maximum absolute atomic E-state index is 12.9. The number of aryl methyl sites for hydroxylation is 3. The highest BCUT2D eigenvalue weighted by atomic mass is 32.2. The van der Waals surface area contributed by atoms with Crippen LogP contribution in [0.25, 0.3) is 16.9 Å². The summed E-state index contributed by atoms with van der Waals surface area (Å²) in [7, 11) is -3.74. The van der Waals surface area contributed by atoms with E-state index in [-0.39, 0.29) is 23.8 Å². The van der Waals surface area contributed by atoms with Gasteiger partial charge in [-0.05, 0) is 73.4 Å². The van der Waals surface area contributed by atoms with Crippen LogP contribution in [-0.4, -0.2) is 23.7 Å². The van der Waals surface area contributed by atoms with Crippen LogP contribution in [-0.2, 0) is 27.8 Å². The molecule has 4 rings (SSSR count). The molecule has 0 aliphatic heterocycles. The van der Waals surface area contributed by atoms with E-state index in [1.165, 1.54) is 23.3 Å². The lowest BCUT2D eigenvalue weighted by atomic mass is 10.0. The van der Waals surface area contributed by atoms with Crippen molar-refractivity contribution < 1.29 is 13.2 Å². The van der Waals surface area contributed by atoms with Crippen LogP contribution < -0.4 is 10.5 Å². The highest BCUT2D eigenvalue weighted by molar-refractivity contribution is 7.89. The van der Waals surface area contributed by atoms with Gasteiger partial charge >= 0.3 is 0 Å². The summed E-state index contributed by atoms with van der Waals surface area (Å²) in [5.74, 6) is -0.155. The minimum atomic E-state index is -3.74. The number of imidazole rings is 1. The molecule has 0 saturated carbocycles. The monoisotopic (exact) mass is 462 g/mol. The van der Waals surface area contributed by atoms with Crippen LogP contribution >= 0.6 is 0 Å². The molecule has 0 bridgehead atoms. The fraction of sp³-hybridized carbons (Fsp3) is 0.200. The van der Waals surface area contributed by atoms with Gasteiger partial charge < -0.3 is 9.72 Å². The number of hydrogen-bond donors (Lipinski definition) is 2. The molecule has 0 atom stereocenters. The number of nitrogens with one attached hydrogen (secondary N) is 1. The molecule has 8 heteroatoms. The number of nitrogens with zero attached hydrogens (tertiary/aromatic N) is 2. The molecule has 0 fully saturated rings. The first-order valence-electron chi connectivity index (χ1n) is 10.6. The Morgan fingerprint density at radius 3 is 2.39 bits per heavy atom. The van der Waals surface area contributed by atoms with E-state index in [1.54, 1.807) is 12.1 Å². The number of sulfonamides is 1. The highest BCUT2D eigenvalue weighted by Gasteiger charge is 2.18. The summed E-state index contributed by atoms with van der Waals surface area (Å²) in [4.78, 5) is 17.7. The van der Waals surface area contributed by atoms with E-state index in [0.717, 1.165) is 33.7 Å². The molecule has 0 saturated heterocycles. The molecule has 0 radical (unpaired) electrons. The maximum atomic E-state index is 12.9. The third-order valence-corrected chi connectivity index (χ3v) is 6.66. The molecule has 7 nitrogen and oxygen atoms in total. The van der Waals surface area contributed by atoms with Crippen molar-refractivity contribution in [1.29, 1.82) is 0 Å². The van der Waals surface area contributed by atoms with Gasteiger partial charge in [0.1, 0.15) is 5.65 Å². The van der Waals surface area contributed by atoms with Crippen molar-refractivity contribution in [3.63, 3.8) is 0 Å². The van der Waals surface area contributed by atoms with Crippen LogP contribution in [0, 0.1) is 20.8 Å². The largest absolute Gasteiger partial charge is 0.352 e. The minimum absolute atomic E-state index is 0.0385. The first-order valence-corrected chi connectivity index (χ1v) is 12.1. The van der Waals surface area contributed by atoms with Crippen molar-refractivity contribution in [3.05, 3.63) is 88.7 Å². The summed E-state index contributed by atoms with van der Waals surface area (Å²) >= 11 is 0. The molecule has 2 aromatic heterocycles. The van der Waals surface area contributed by atoms with Crippen molar-refractivity contribution >= 4 is 21.6 Å². The van der Waals surface area contributed by atoms with E-state index < -0.39 is 10.0 Å². The average Bonchev–Trinajstić information content (AvgIpc) is 3.11. The topological polar surface area (TPSA) is 107 Å². The first-order chi connectivity index (χ1) is 15.6. The van der Waals surface area contributed by atoms with E-state index in [4.69, 9.17) is 10.1 Å². The van der Waals surface area contributed by atoms with Crippen LogP contribution in [0.3, 0.4) is 0 Å². The summed E-state index contributed by atoms with van der Waals surface area (Å²) in [5.41, 5.74) is 7.61. The third kappa shape index (κ3) is 4.97. The molecule has 2 aromatic carbocycles. The summed E-state index contributed by atoms with van der Waals surface area (Å²) in [5, 5.41) is 8.04. The predicted molar refractivity (Wildman–Crippen MR) is 128 cm³/mol. The summed E-state index contributed by atoms with van der Waals surface area (Å²) < 4.78 is 24.8. The molecule has 2 heterocycles. The molecule has 4 aromatic rings. The number of fused-ring (bicyclic) bond motifs is 1. The summed E-state index contributed by atoms with van der Waals surface area (Å²) in [6.45, 7) is 6.42. The van der Waals surface area contributed by atoms with E-state index in [1.807, 2.05) is 35.7 Å². The van der Waals surface area contributed by atoms with E-state index >= 15 is 0 Å². The number of amides is 1. The smallest absolute Gasteiger partial charge is 0.238 e. The Balaban J connectivity index is 1.59. The number of primary sulfonamides is 1. The lowest BCUT2D eigenvalue weighted by Gasteiger charge is -2.09. The van der Waals surface area contributed by atoms with Crippen molar-refractivity contribution in [2.45, 2.75) is 38.6 Å². The molecule has 170 valence electrons. The van der Waals surface area contributed by atoms with Gasteiger partial charge in [-0.3, -0.25) is 4.79 Å². The van der Waals surface area contributed by atoms with E-state index in [9.17, 15) is 13.2 Å². The zero-order valence-electron chi connectivity index (χ0n) is 18.8. The molecule has 0 aliphatic rings. The molecule has 33 heavy (non-hydrogen) atoms. The van der Waals surface area contributed by atoms with Gasteiger partial charge in [0.05, 0.1) is 22.7 Å². The minimum Gasteiger partial charge on any atom is -0.352 e. The summed E-state index contributed by atoms with van der Waals surface area (Å²) in [6.07, 6.45) is 2.10. The molecule has 0 unspecified atom stereocenters. The fourth-order valence-electron chi connectivity index (χ4n) is 3.70. The van der Waals surface area contributed by atoms with Crippen LogP contribution in [0.15, 0.2) is 65.7 Å². The maximum Gasteiger partial charge on any atom is 0.238 e. The van der Waals surface area contributed by atoms with Crippen LogP contribution in [0.5, 0.6) is 0 Å². The van der Waals surface area contributed by atoms with Crippen LogP contribution in [0.2, 0.25) is 0 Å². The van der Waals surface area contributed by atoms with Gasteiger partial charge in [0, 0.05) is 18.3 Å². The number of hydrogen-bond acceptors (Lipinski definition) is 4. The van der Waals surface area contributed by atoms with Crippen molar-refractivity contribution in [1.82, 2.24) is 14.7 Å². The van der Waals surface area contributed by atoms with Gasteiger partial charge in [-0.2, -0.15) is 0 Å². The standard InChI is InChI=1S/C25H26N4O3S/c1-16-10-11-29-22(25(28-23(29)12-16)20-7-4-17(2)18(3)13-20)14-24(30)27-15-19-5-8-21(9-6-19)33(26,31)32/h4-13H,14-15H2,1-3H3,(H,27,30)(H2,26,31,32). The van der Waals surface area contributed by atoms with Crippen molar-refractivity contribution in [2.75, 3.05) is 0 Å². The Bertz CT molecular complexity index is 1460. The van der Waals surface area contributed by atoms with Crippen LogP contribution in [0.1, 0.15) is 27.9 Å². The van der Waals surface area contributed by atoms with Gasteiger partial charge in [0.2, 0.25) is 15.9 Å². The van der Waals surface area contributed by atoms with Gasteiger partial charge in [-0.25, -0.2) is 18.5 Å². The Morgan fingerprint density at radius 1 is 1.00 bits per heavy atom.